The number of carbonyl (C=O) groups is 1. The Morgan fingerprint density at radius 2 is 2.00 bits per heavy atom. The Labute approximate surface area is 144 Å². The quantitative estimate of drug-likeness (QED) is 0.851. The molecule has 1 aromatic rings. The lowest BCUT2D eigenvalue weighted by molar-refractivity contribution is 0.0474. The molecule has 2 aliphatic heterocycles. The summed E-state index contributed by atoms with van der Waals surface area (Å²) in [5.74, 6) is 0.792. The van der Waals surface area contributed by atoms with Gasteiger partial charge < -0.3 is 14.5 Å². The van der Waals surface area contributed by atoms with Gasteiger partial charge in [-0.25, -0.2) is 4.98 Å². The minimum atomic E-state index is 0.103. The van der Waals surface area contributed by atoms with E-state index in [1.165, 1.54) is 19.3 Å². The van der Waals surface area contributed by atoms with Crippen LogP contribution in [0.2, 0.25) is 0 Å². The summed E-state index contributed by atoms with van der Waals surface area (Å²) in [5.41, 5.74) is 1.83. The fourth-order valence-electron chi connectivity index (χ4n) is 4.05. The summed E-state index contributed by atoms with van der Waals surface area (Å²) in [5, 5.41) is 0. The van der Waals surface area contributed by atoms with E-state index in [1.54, 1.807) is 6.20 Å². The van der Waals surface area contributed by atoms with Gasteiger partial charge in [0, 0.05) is 44.5 Å². The molecule has 0 N–H and O–H groups in total. The number of likely N-dealkylation sites (tertiary alicyclic amines) is 1. The highest BCUT2D eigenvalue weighted by Crippen LogP contribution is 2.29. The third-order valence-electron chi connectivity index (χ3n) is 5.87. The number of rotatable bonds is 4. The first-order valence-electron chi connectivity index (χ1n) is 9.43. The van der Waals surface area contributed by atoms with Crippen molar-refractivity contribution in [3.05, 3.63) is 23.4 Å². The molecule has 1 saturated carbocycles. The number of nitrogens with zero attached hydrogens (tertiary/aromatic N) is 3. The largest absolute Gasteiger partial charge is 0.474 e. The maximum absolute atomic E-state index is 12.3. The van der Waals surface area contributed by atoms with Gasteiger partial charge in [-0.05, 0) is 44.6 Å². The molecule has 0 bridgehead atoms. The van der Waals surface area contributed by atoms with Gasteiger partial charge in [0.15, 0.2) is 0 Å². The number of hydrogen-bond donors (Lipinski definition) is 0. The SMILES string of the molecule is CCN1CCc2cc(OC3CCN(C4CCC4)CC3)ncc2C1=O. The average molecular weight is 329 g/mol. The summed E-state index contributed by atoms with van der Waals surface area (Å²) < 4.78 is 6.13. The average Bonchev–Trinajstić information content (AvgIpc) is 2.55. The molecule has 130 valence electrons. The highest BCUT2D eigenvalue weighted by molar-refractivity contribution is 5.96. The molecule has 2 fully saturated rings. The third kappa shape index (κ3) is 3.02. The van der Waals surface area contributed by atoms with Crippen molar-refractivity contribution in [3.8, 4) is 5.88 Å². The van der Waals surface area contributed by atoms with Gasteiger partial charge in [-0.1, -0.05) is 6.42 Å². The van der Waals surface area contributed by atoms with Crippen LogP contribution in [0.15, 0.2) is 12.3 Å². The second kappa shape index (κ2) is 6.71. The molecule has 24 heavy (non-hydrogen) atoms. The zero-order chi connectivity index (χ0) is 16.5. The van der Waals surface area contributed by atoms with E-state index in [4.69, 9.17) is 4.74 Å². The minimum Gasteiger partial charge on any atom is -0.474 e. The minimum absolute atomic E-state index is 0.103. The van der Waals surface area contributed by atoms with Crippen molar-refractivity contribution in [2.24, 2.45) is 0 Å². The van der Waals surface area contributed by atoms with Gasteiger partial charge in [0.2, 0.25) is 5.88 Å². The molecule has 3 heterocycles. The van der Waals surface area contributed by atoms with E-state index in [9.17, 15) is 4.79 Å². The number of ether oxygens (including phenoxy) is 1. The molecule has 0 spiro atoms. The van der Waals surface area contributed by atoms with E-state index in [0.29, 0.717) is 5.88 Å². The Kier molecular flexibility index (Phi) is 4.44. The number of carbonyl (C=O) groups excluding carboxylic acids is 1. The first-order chi connectivity index (χ1) is 11.7. The highest BCUT2D eigenvalue weighted by Gasteiger charge is 2.30. The van der Waals surface area contributed by atoms with E-state index in [0.717, 1.165) is 62.6 Å². The van der Waals surface area contributed by atoms with Crippen LogP contribution in [-0.2, 0) is 6.42 Å². The molecule has 0 atom stereocenters. The zero-order valence-corrected chi connectivity index (χ0v) is 14.5. The van der Waals surface area contributed by atoms with Crippen molar-refractivity contribution in [2.75, 3.05) is 26.2 Å². The fraction of sp³-hybridized carbons (Fsp3) is 0.684. The number of amides is 1. The lowest BCUT2D eigenvalue weighted by Gasteiger charge is -2.41. The number of fused-ring (bicyclic) bond motifs is 1. The maximum atomic E-state index is 12.3. The Hall–Kier alpha value is -1.62. The molecule has 3 aliphatic rings. The van der Waals surface area contributed by atoms with Crippen molar-refractivity contribution in [2.45, 2.75) is 57.6 Å². The second-order valence-corrected chi connectivity index (χ2v) is 7.25. The molecular weight excluding hydrogens is 302 g/mol. The lowest BCUT2D eigenvalue weighted by atomic mass is 9.90. The topological polar surface area (TPSA) is 45.7 Å². The van der Waals surface area contributed by atoms with Crippen molar-refractivity contribution in [3.63, 3.8) is 0 Å². The van der Waals surface area contributed by atoms with Gasteiger partial charge in [0.1, 0.15) is 6.10 Å². The van der Waals surface area contributed by atoms with Crippen LogP contribution in [-0.4, -0.2) is 59.0 Å². The molecule has 5 heteroatoms. The third-order valence-corrected chi connectivity index (χ3v) is 5.87. The van der Waals surface area contributed by atoms with Crippen LogP contribution in [0.4, 0.5) is 0 Å². The number of hydrogen-bond acceptors (Lipinski definition) is 4. The Balaban J connectivity index is 1.37. The molecule has 1 saturated heterocycles. The molecule has 1 amide bonds. The number of likely N-dealkylation sites (N-methyl/N-ethyl adjacent to an activating group) is 1. The summed E-state index contributed by atoms with van der Waals surface area (Å²) >= 11 is 0. The number of piperidine rings is 1. The van der Waals surface area contributed by atoms with Crippen LogP contribution in [0, 0.1) is 0 Å². The molecular formula is C19H27N3O2. The maximum Gasteiger partial charge on any atom is 0.255 e. The van der Waals surface area contributed by atoms with E-state index in [-0.39, 0.29) is 12.0 Å². The monoisotopic (exact) mass is 329 g/mol. The first-order valence-corrected chi connectivity index (χ1v) is 9.43. The summed E-state index contributed by atoms with van der Waals surface area (Å²) in [7, 11) is 0. The molecule has 1 aliphatic carbocycles. The van der Waals surface area contributed by atoms with Gasteiger partial charge in [-0.2, -0.15) is 0 Å². The Morgan fingerprint density at radius 1 is 1.21 bits per heavy atom. The van der Waals surface area contributed by atoms with Gasteiger partial charge in [-0.15, -0.1) is 0 Å². The predicted octanol–water partition coefficient (Wildman–Crippen LogP) is 2.50. The zero-order valence-electron chi connectivity index (χ0n) is 14.5. The first kappa shape index (κ1) is 15.9. The Bertz CT molecular complexity index is 607. The summed E-state index contributed by atoms with van der Waals surface area (Å²) in [6.07, 6.45) is 9.18. The highest BCUT2D eigenvalue weighted by atomic mass is 16.5. The predicted molar refractivity (Wildman–Crippen MR) is 92.4 cm³/mol. The van der Waals surface area contributed by atoms with E-state index in [2.05, 4.69) is 9.88 Å². The van der Waals surface area contributed by atoms with E-state index in [1.807, 2.05) is 17.9 Å². The molecule has 0 aromatic carbocycles. The van der Waals surface area contributed by atoms with Crippen LogP contribution in [0.25, 0.3) is 0 Å². The normalized spacial score (nSPS) is 23.0. The fourth-order valence-corrected chi connectivity index (χ4v) is 4.05. The van der Waals surface area contributed by atoms with Crippen LogP contribution in [0.5, 0.6) is 5.88 Å². The van der Waals surface area contributed by atoms with Crippen LogP contribution in [0.1, 0.15) is 54.9 Å². The summed E-state index contributed by atoms with van der Waals surface area (Å²) in [6.45, 7) is 5.86. The lowest BCUT2D eigenvalue weighted by Crippen LogP contribution is -2.46. The number of aromatic nitrogens is 1. The second-order valence-electron chi connectivity index (χ2n) is 7.25. The van der Waals surface area contributed by atoms with Crippen molar-refractivity contribution < 1.29 is 9.53 Å². The van der Waals surface area contributed by atoms with E-state index < -0.39 is 0 Å². The molecule has 4 rings (SSSR count). The standard InChI is InChI=1S/C19H27N3O2/c1-2-21-9-6-14-12-18(20-13-17(14)19(21)23)24-16-7-10-22(11-8-16)15-4-3-5-15/h12-13,15-16H,2-11H2,1H3. The summed E-state index contributed by atoms with van der Waals surface area (Å²) in [6, 6.07) is 2.82. The van der Waals surface area contributed by atoms with Crippen LogP contribution in [0.3, 0.4) is 0 Å². The van der Waals surface area contributed by atoms with Gasteiger partial charge in [0.25, 0.3) is 5.91 Å². The van der Waals surface area contributed by atoms with Gasteiger partial charge >= 0.3 is 0 Å². The van der Waals surface area contributed by atoms with Crippen LogP contribution >= 0.6 is 0 Å². The van der Waals surface area contributed by atoms with Crippen molar-refractivity contribution in [1.82, 2.24) is 14.8 Å². The van der Waals surface area contributed by atoms with E-state index >= 15 is 0 Å². The summed E-state index contributed by atoms with van der Waals surface area (Å²) in [4.78, 5) is 21.2. The number of pyridine rings is 1. The molecule has 5 nitrogen and oxygen atoms in total. The Morgan fingerprint density at radius 3 is 2.67 bits per heavy atom. The molecule has 0 radical (unpaired) electrons. The molecule has 0 unspecified atom stereocenters. The van der Waals surface area contributed by atoms with Crippen LogP contribution < -0.4 is 4.74 Å². The van der Waals surface area contributed by atoms with Gasteiger partial charge in [0.05, 0.1) is 5.56 Å². The van der Waals surface area contributed by atoms with Gasteiger partial charge in [-0.3, -0.25) is 4.79 Å². The smallest absolute Gasteiger partial charge is 0.255 e. The molecule has 1 aromatic heterocycles. The van der Waals surface area contributed by atoms with Crippen molar-refractivity contribution >= 4 is 5.91 Å². The van der Waals surface area contributed by atoms with Crippen molar-refractivity contribution in [1.29, 1.82) is 0 Å².